The second kappa shape index (κ2) is 11.0. The van der Waals surface area contributed by atoms with Gasteiger partial charge in [0.2, 0.25) is 6.79 Å². The van der Waals surface area contributed by atoms with E-state index < -0.39 is 5.97 Å². The van der Waals surface area contributed by atoms with Crippen LogP contribution in [-0.4, -0.2) is 34.0 Å². The quantitative estimate of drug-likeness (QED) is 0.281. The molecule has 1 aliphatic heterocycles. The highest BCUT2D eigenvalue weighted by atomic mass is 16.7. The second-order valence-electron chi connectivity index (χ2n) is 9.45. The van der Waals surface area contributed by atoms with Gasteiger partial charge in [-0.3, -0.25) is 4.79 Å². The lowest BCUT2D eigenvalue weighted by Gasteiger charge is -2.12. The topological polar surface area (TPSA) is 82.8 Å². The van der Waals surface area contributed by atoms with Crippen LogP contribution in [0.1, 0.15) is 35.9 Å². The van der Waals surface area contributed by atoms with Gasteiger partial charge >= 0.3 is 5.97 Å². The number of benzene rings is 3. The van der Waals surface area contributed by atoms with Crippen molar-refractivity contribution in [3.63, 3.8) is 0 Å². The molecule has 38 heavy (non-hydrogen) atoms. The summed E-state index contributed by atoms with van der Waals surface area (Å²) < 4.78 is 19.1. The third-order valence-electron chi connectivity index (χ3n) is 7.04. The Kier molecular flexibility index (Phi) is 7.36. The first kappa shape index (κ1) is 25.4. The number of carbonyl (C=O) groups is 1. The Bertz CT molecular complexity index is 1460. The van der Waals surface area contributed by atoms with Crippen LogP contribution in [0.15, 0.2) is 60.7 Å². The summed E-state index contributed by atoms with van der Waals surface area (Å²) in [7, 11) is 2.04. The summed E-state index contributed by atoms with van der Waals surface area (Å²) in [5, 5.41) is 8.98. The van der Waals surface area contributed by atoms with Gasteiger partial charge in [0, 0.05) is 31.1 Å². The van der Waals surface area contributed by atoms with Gasteiger partial charge in [0.1, 0.15) is 11.6 Å². The molecule has 0 unspecified atom stereocenters. The van der Waals surface area contributed by atoms with Crippen molar-refractivity contribution in [3.05, 3.63) is 83.2 Å². The molecule has 0 bridgehead atoms. The standard InChI is InChI=1S/C31H32N2O5/c1-4-21-17-26(12-9-22(21)11-14-30(34)35)36-16-15-27-20(2)32-31(33(27)3)24-7-5-23(6-8-24)25-10-13-28-29(18-25)38-19-37-28/h5-10,12-13,17-18H,4,11,14-16,19H2,1-3H3,(H,34,35). The van der Waals surface area contributed by atoms with Crippen LogP contribution in [0, 0.1) is 6.92 Å². The van der Waals surface area contributed by atoms with E-state index in [4.69, 9.17) is 24.3 Å². The zero-order valence-electron chi connectivity index (χ0n) is 22.0. The van der Waals surface area contributed by atoms with Crippen molar-refractivity contribution in [1.82, 2.24) is 9.55 Å². The monoisotopic (exact) mass is 512 g/mol. The number of hydrogen-bond donors (Lipinski definition) is 1. The van der Waals surface area contributed by atoms with Crippen molar-refractivity contribution in [3.8, 4) is 39.8 Å². The van der Waals surface area contributed by atoms with E-state index in [-0.39, 0.29) is 13.2 Å². The van der Waals surface area contributed by atoms with Crippen LogP contribution in [0.3, 0.4) is 0 Å². The van der Waals surface area contributed by atoms with Gasteiger partial charge in [-0.1, -0.05) is 43.3 Å². The van der Waals surface area contributed by atoms with Crippen molar-refractivity contribution in [1.29, 1.82) is 0 Å². The number of imidazole rings is 1. The summed E-state index contributed by atoms with van der Waals surface area (Å²) in [5.41, 5.74) is 7.56. The van der Waals surface area contributed by atoms with Gasteiger partial charge < -0.3 is 23.9 Å². The van der Waals surface area contributed by atoms with Gasteiger partial charge in [-0.2, -0.15) is 0 Å². The molecular weight excluding hydrogens is 480 g/mol. The van der Waals surface area contributed by atoms with Gasteiger partial charge in [-0.05, 0) is 66.3 Å². The highest BCUT2D eigenvalue weighted by Gasteiger charge is 2.16. The molecule has 1 aliphatic rings. The molecule has 196 valence electrons. The van der Waals surface area contributed by atoms with Crippen LogP contribution in [0.4, 0.5) is 0 Å². The van der Waals surface area contributed by atoms with E-state index in [0.717, 1.165) is 75.1 Å². The maximum absolute atomic E-state index is 10.9. The average molecular weight is 513 g/mol. The Morgan fingerprint density at radius 3 is 2.45 bits per heavy atom. The number of rotatable bonds is 10. The maximum atomic E-state index is 10.9. The van der Waals surface area contributed by atoms with Gasteiger partial charge in [0.15, 0.2) is 11.5 Å². The Hall–Kier alpha value is -4.26. The smallest absolute Gasteiger partial charge is 0.303 e. The normalized spacial score (nSPS) is 12.1. The summed E-state index contributed by atoms with van der Waals surface area (Å²) in [5.74, 6) is 2.51. The predicted octanol–water partition coefficient (Wildman–Crippen LogP) is 5.99. The third-order valence-corrected chi connectivity index (χ3v) is 7.04. The number of nitrogens with zero attached hydrogens (tertiary/aromatic N) is 2. The van der Waals surface area contributed by atoms with Crippen LogP contribution in [0.5, 0.6) is 17.2 Å². The number of ether oxygens (including phenoxy) is 3. The zero-order valence-corrected chi connectivity index (χ0v) is 22.0. The van der Waals surface area contributed by atoms with E-state index in [0.29, 0.717) is 13.0 Å². The molecule has 0 radical (unpaired) electrons. The second-order valence-corrected chi connectivity index (χ2v) is 9.45. The molecule has 5 rings (SSSR count). The fourth-order valence-electron chi connectivity index (χ4n) is 4.94. The molecule has 7 heteroatoms. The average Bonchev–Trinajstić information content (AvgIpc) is 3.51. The number of aromatic nitrogens is 2. The minimum Gasteiger partial charge on any atom is -0.493 e. The number of carboxylic acids is 1. The molecule has 0 spiro atoms. The first-order valence-electron chi connectivity index (χ1n) is 12.9. The fraction of sp³-hybridized carbons (Fsp3) is 0.290. The van der Waals surface area contributed by atoms with Crippen molar-refractivity contribution in [2.24, 2.45) is 7.05 Å². The molecule has 7 nitrogen and oxygen atoms in total. The summed E-state index contributed by atoms with van der Waals surface area (Å²) in [6.07, 6.45) is 2.24. The summed E-state index contributed by atoms with van der Waals surface area (Å²) in [4.78, 5) is 15.8. The number of carboxylic acid groups (broad SMARTS) is 1. The molecule has 1 aromatic heterocycles. The predicted molar refractivity (Wildman–Crippen MR) is 146 cm³/mol. The third kappa shape index (κ3) is 5.37. The lowest BCUT2D eigenvalue weighted by Crippen LogP contribution is -2.07. The maximum Gasteiger partial charge on any atom is 0.303 e. The van der Waals surface area contributed by atoms with Gasteiger partial charge in [-0.15, -0.1) is 0 Å². The molecule has 1 N–H and O–H groups in total. The van der Waals surface area contributed by atoms with E-state index in [1.807, 2.05) is 50.4 Å². The van der Waals surface area contributed by atoms with Crippen molar-refractivity contribution < 1.29 is 24.1 Å². The van der Waals surface area contributed by atoms with E-state index in [1.54, 1.807) is 0 Å². The Balaban J connectivity index is 1.25. The first-order chi connectivity index (χ1) is 18.4. The number of aryl methyl sites for hydroxylation is 3. The molecule has 2 heterocycles. The Labute approximate surface area is 222 Å². The molecule has 0 atom stereocenters. The first-order valence-corrected chi connectivity index (χ1v) is 12.9. The molecule has 3 aromatic carbocycles. The highest BCUT2D eigenvalue weighted by Crippen LogP contribution is 2.36. The largest absolute Gasteiger partial charge is 0.493 e. The van der Waals surface area contributed by atoms with E-state index in [9.17, 15) is 4.79 Å². The lowest BCUT2D eigenvalue weighted by molar-refractivity contribution is -0.136. The summed E-state index contributed by atoms with van der Waals surface area (Å²) in [6, 6.07) is 20.3. The summed E-state index contributed by atoms with van der Waals surface area (Å²) in [6.45, 7) is 4.91. The van der Waals surface area contributed by atoms with Crippen molar-refractivity contribution in [2.75, 3.05) is 13.4 Å². The molecule has 0 fully saturated rings. The van der Waals surface area contributed by atoms with Crippen LogP contribution < -0.4 is 14.2 Å². The van der Waals surface area contributed by atoms with Crippen LogP contribution >= 0.6 is 0 Å². The summed E-state index contributed by atoms with van der Waals surface area (Å²) >= 11 is 0. The molecular formula is C31H32N2O5. The Morgan fingerprint density at radius 2 is 1.68 bits per heavy atom. The van der Waals surface area contributed by atoms with Crippen molar-refractivity contribution in [2.45, 2.75) is 39.5 Å². The minimum absolute atomic E-state index is 0.135. The molecule has 4 aromatic rings. The van der Waals surface area contributed by atoms with E-state index in [1.165, 1.54) is 0 Å². The van der Waals surface area contributed by atoms with E-state index in [2.05, 4.69) is 35.8 Å². The number of aliphatic carboxylic acids is 1. The SMILES string of the molecule is CCc1cc(OCCc2c(C)nc(-c3ccc(-c4ccc5c(c4)OCO5)cc3)n2C)ccc1CCC(=O)O. The van der Waals surface area contributed by atoms with Crippen molar-refractivity contribution >= 4 is 5.97 Å². The van der Waals surface area contributed by atoms with Crippen LogP contribution in [0.25, 0.3) is 22.5 Å². The van der Waals surface area contributed by atoms with Crippen LogP contribution in [-0.2, 0) is 31.1 Å². The molecule has 0 saturated carbocycles. The molecule has 0 aliphatic carbocycles. The lowest BCUT2D eigenvalue weighted by atomic mass is 10.0. The number of fused-ring (bicyclic) bond motifs is 1. The number of hydrogen-bond acceptors (Lipinski definition) is 5. The van der Waals surface area contributed by atoms with Gasteiger partial charge in [0.05, 0.1) is 12.3 Å². The molecule has 0 saturated heterocycles. The van der Waals surface area contributed by atoms with Crippen LogP contribution in [0.2, 0.25) is 0 Å². The highest BCUT2D eigenvalue weighted by molar-refractivity contribution is 5.70. The van der Waals surface area contributed by atoms with Gasteiger partial charge in [-0.25, -0.2) is 4.98 Å². The minimum atomic E-state index is -0.779. The van der Waals surface area contributed by atoms with Gasteiger partial charge in [0.25, 0.3) is 0 Å². The zero-order chi connectivity index (χ0) is 26.6. The van der Waals surface area contributed by atoms with E-state index >= 15 is 0 Å². The fourth-order valence-corrected chi connectivity index (χ4v) is 4.94. The Morgan fingerprint density at radius 1 is 0.947 bits per heavy atom. The molecule has 0 amide bonds.